The van der Waals surface area contributed by atoms with Gasteiger partial charge in [-0.15, -0.1) is 0 Å². The SMILES string of the molecule is COc1ccc2c(C(=O)N(C)C)nc(Nc3cc(C)[nH]n3)cc2c1. The average molecular weight is 325 g/mol. The number of pyridine rings is 1. The Morgan fingerprint density at radius 3 is 2.62 bits per heavy atom. The van der Waals surface area contributed by atoms with Crippen molar-refractivity contribution in [1.29, 1.82) is 0 Å². The summed E-state index contributed by atoms with van der Waals surface area (Å²) in [6.45, 7) is 1.91. The van der Waals surface area contributed by atoms with E-state index in [-0.39, 0.29) is 5.91 Å². The minimum Gasteiger partial charge on any atom is -0.497 e. The van der Waals surface area contributed by atoms with Crippen molar-refractivity contribution >= 4 is 28.3 Å². The molecule has 0 saturated carbocycles. The number of rotatable bonds is 4. The van der Waals surface area contributed by atoms with Crippen LogP contribution in [0.15, 0.2) is 30.3 Å². The van der Waals surface area contributed by atoms with Gasteiger partial charge in [0.15, 0.2) is 5.82 Å². The molecule has 7 nitrogen and oxygen atoms in total. The Kier molecular flexibility index (Phi) is 4.07. The van der Waals surface area contributed by atoms with Crippen LogP contribution in [0.3, 0.4) is 0 Å². The van der Waals surface area contributed by atoms with Crippen LogP contribution < -0.4 is 10.1 Å². The lowest BCUT2D eigenvalue weighted by Crippen LogP contribution is -2.23. The molecule has 0 bridgehead atoms. The number of methoxy groups -OCH3 is 1. The number of anilines is 2. The highest BCUT2D eigenvalue weighted by Gasteiger charge is 2.16. The third-order valence-corrected chi connectivity index (χ3v) is 3.61. The molecule has 0 spiro atoms. The van der Waals surface area contributed by atoms with Crippen LogP contribution >= 0.6 is 0 Å². The molecule has 2 N–H and O–H groups in total. The monoisotopic (exact) mass is 325 g/mol. The lowest BCUT2D eigenvalue weighted by Gasteiger charge is -2.14. The lowest BCUT2D eigenvalue weighted by atomic mass is 10.1. The first kappa shape index (κ1) is 15.8. The third kappa shape index (κ3) is 3.01. The van der Waals surface area contributed by atoms with Crippen molar-refractivity contribution in [3.8, 4) is 5.75 Å². The van der Waals surface area contributed by atoms with E-state index in [2.05, 4.69) is 20.5 Å². The fourth-order valence-electron chi connectivity index (χ4n) is 2.42. The van der Waals surface area contributed by atoms with E-state index >= 15 is 0 Å². The van der Waals surface area contributed by atoms with Crippen LogP contribution in [0.4, 0.5) is 11.6 Å². The van der Waals surface area contributed by atoms with Gasteiger partial charge in [-0.2, -0.15) is 5.10 Å². The summed E-state index contributed by atoms with van der Waals surface area (Å²) in [6, 6.07) is 9.28. The van der Waals surface area contributed by atoms with Gasteiger partial charge in [-0.25, -0.2) is 4.98 Å². The molecule has 24 heavy (non-hydrogen) atoms. The molecular formula is C17H19N5O2. The zero-order chi connectivity index (χ0) is 17.3. The summed E-state index contributed by atoms with van der Waals surface area (Å²) in [4.78, 5) is 18.5. The Morgan fingerprint density at radius 1 is 1.21 bits per heavy atom. The van der Waals surface area contributed by atoms with Gasteiger partial charge in [0.05, 0.1) is 7.11 Å². The number of carbonyl (C=O) groups excluding carboxylic acids is 1. The van der Waals surface area contributed by atoms with Crippen molar-refractivity contribution < 1.29 is 9.53 Å². The van der Waals surface area contributed by atoms with Crippen LogP contribution in [0.5, 0.6) is 5.75 Å². The predicted molar refractivity (Wildman–Crippen MR) is 92.9 cm³/mol. The molecule has 124 valence electrons. The molecular weight excluding hydrogens is 306 g/mol. The molecule has 0 aliphatic heterocycles. The number of hydrogen-bond donors (Lipinski definition) is 2. The van der Waals surface area contributed by atoms with Crippen LogP contribution in [0.1, 0.15) is 16.2 Å². The maximum Gasteiger partial charge on any atom is 0.272 e. The van der Waals surface area contributed by atoms with Crippen molar-refractivity contribution in [3.63, 3.8) is 0 Å². The second kappa shape index (κ2) is 6.19. The molecule has 1 amide bonds. The summed E-state index contributed by atoms with van der Waals surface area (Å²) in [7, 11) is 5.02. The highest BCUT2D eigenvalue weighted by molar-refractivity contribution is 6.06. The van der Waals surface area contributed by atoms with Gasteiger partial charge in [0.2, 0.25) is 0 Å². The van der Waals surface area contributed by atoms with Gasteiger partial charge in [-0.3, -0.25) is 9.89 Å². The Bertz CT molecular complexity index is 901. The molecule has 0 radical (unpaired) electrons. The second-order valence-electron chi connectivity index (χ2n) is 5.70. The normalized spacial score (nSPS) is 10.7. The van der Waals surface area contributed by atoms with E-state index in [0.717, 1.165) is 22.2 Å². The first-order valence-corrected chi connectivity index (χ1v) is 7.47. The fourth-order valence-corrected chi connectivity index (χ4v) is 2.42. The van der Waals surface area contributed by atoms with Gasteiger partial charge in [0.25, 0.3) is 5.91 Å². The number of hydrogen-bond acceptors (Lipinski definition) is 5. The first-order chi connectivity index (χ1) is 11.5. The summed E-state index contributed by atoms with van der Waals surface area (Å²) in [5.74, 6) is 1.75. The maximum absolute atomic E-state index is 12.5. The average Bonchev–Trinajstić information content (AvgIpc) is 2.97. The number of nitrogens with zero attached hydrogens (tertiary/aromatic N) is 3. The van der Waals surface area contributed by atoms with Crippen LogP contribution in [-0.4, -0.2) is 47.2 Å². The van der Waals surface area contributed by atoms with E-state index in [1.54, 1.807) is 21.2 Å². The Hall–Kier alpha value is -3.09. The minimum absolute atomic E-state index is 0.160. The largest absolute Gasteiger partial charge is 0.497 e. The Balaban J connectivity index is 2.13. The van der Waals surface area contributed by atoms with Crippen molar-refractivity contribution in [1.82, 2.24) is 20.1 Å². The van der Waals surface area contributed by atoms with Gasteiger partial charge in [0, 0.05) is 31.2 Å². The molecule has 1 aromatic carbocycles. The number of aryl methyl sites for hydroxylation is 1. The molecule has 0 fully saturated rings. The molecule has 7 heteroatoms. The molecule has 0 aliphatic carbocycles. The van der Waals surface area contributed by atoms with Crippen molar-refractivity contribution in [2.75, 3.05) is 26.5 Å². The molecule has 0 saturated heterocycles. The van der Waals surface area contributed by atoms with Crippen LogP contribution in [0.25, 0.3) is 10.8 Å². The number of nitrogens with one attached hydrogen (secondary N) is 2. The number of fused-ring (bicyclic) bond motifs is 1. The summed E-state index contributed by atoms with van der Waals surface area (Å²) < 4.78 is 5.28. The van der Waals surface area contributed by atoms with Crippen LogP contribution in [0, 0.1) is 6.92 Å². The summed E-state index contributed by atoms with van der Waals surface area (Å²) in [6.07, 6.45) is 0. The van der Waals surface area contributed by atoms with Crippen LogP contribution in [0.2, 0.25) is 0 Å². The van der Waals surface area contributed by atoms with Crippen molar-refractivity contribution in [2.45, 2.75) is 6.92 Å². The van der Waals surface area contributed by atoms with Gasteiger partial charge in [-0.05, 0) is 36.6 Å². The van der Waals surface area contributed by atoms with Crippen molar-refractivity contribution in [2.24, 2.45) is 0 Å². The van der Waals surface area contributed by atoms with E-state index in [1.807, 2.05) is 37.3 Å². The zero-order valence-corrected chi connectivity index (χ0v) is 14.0. The zero-order valence-electron chi connectivity index (χ0n) is 14.0. The van der Waals surface area contributed by atoms with Gasteiger partial charge in [0.1, 0.15) is 17.3 Å². The van der Waals surface area contributed by atoms with E-state index in [1.165, 1.54) is 4.90 Å². The Morgan fingerprint density at radius 2 is 2.00 bits per heavy atom. The third-order valence-electron chi connectivity index (χ3n) is 3.61. The second-order valence-corrected chi connectivity index (χ2v) is 5.70. The van der Waals surface area contributed by atoms with Gasteiger partial charge >= 0.3 is 0 Å². The highest BCUT2D eigenvalue weighted by Crippen LogP contribution is 2.27. The number of ether oxygens (including phenoxy) is 1. The molecule has 3 aromatic rings. The first-order valence-electron chi connectivity index (χ1n) is 7.47. The number of aromatic nitrogens is 3. The van der Waals surface area contributed by atoms with E-state index in [4.69, 9.17) is 4.74 Å². The highest BCUT2D eigenvalue weighted by atomic mass is 16.5. The predicted octanol–water partition coefficient (Wildman–Crippen LogP) is 2.72. The quantitative estimate of drug-likeness (QED) is 0.770. The van der Waals surface area contributed by atoms with Crippen molar-refractivity contribution in [3.05, 3.63) is 41.7 Å². The molecule has 0 atom stereocenters. The van der Waals surface area contributed by atoms with Gasteiger partial charge < -0.3 is 15.0 Å². The molecule has 2 aromatic heterocycles. The maximum atomic E-state index is 12.5. The summed E-state index contributed by atoms with van der Waals surface area (Å²) in [5, 5.41) is 11.8. The van der Waals surface area contributed by atoms with E-state index < -0.39 is 0 Å². The summed E-state index contributed by atoms with van der Waals surface area (Å²) in [5.41, 5.74) is 1.32. The molecule has 2 heterocycles. The lowest BCUT2D eigenvalue weighted by molar-refractivity contribution is 0.0824. The fraction of sp³-hybridized carbons (Fsp3) is 0.235. The number of carbonyl (C=O) groups is 1. The van der Waals surface area contributed by atoms with E-state index in [9.17, 15) is 4.79 Å². The molecule has 3 rings (SSSR count). The topological polar surface area (TPSA) is 83.1 Å². The minimum atomic E-state index is -0.160. The molecule has 0 unspecified atom stereocenters. The van der Waals surface area contributed by atoms with E-state index in [0.29, 0.717) is 17.3 Å². The summed E-state index contributed by atoms with van der Waals surface area (Å²) >= 11 is 0. The number of benzene rings is 1. The van der Waals surface area contributed by atoms with Crippen LogP contribution in [-0.2, 0) is 0 Å². The Labute approximate surface area is 139 Å². The number of amides is 1. The number of aromatic amines is 1. The van der Waals surface area contributed by atoms with Gasteiger partial charge in [-0.1, -0.05) is 0 Å². The standard InChI is InChI=1S/C17H19N5O2/c1-10-7-15(21-20-10)18-14-9-11-8-12(24-4)5-6-13(11)16(19-14)17(23)22(2)3/h5-9H,1-4H3,(H2,18,19,20,21). The molecule has 0 aliphatic rings. The smallest absolute Gasteiger partial charge is 0.272 e. The number of H-pyrrole nitrogens is 1.